The minimum atomic E-state index is 0.313. The number of hydrogen-bond acceptors (Lipinski definition) is 3. The number of rotatable bonds is 10. The first-order valence-corrected chi connectivity index (χ1v) is 9.71. The molecule has 1 saturated heterocycles. The summed E-state index contributed by atoms with van der Waals surface area (Å²) < 4.78 is 0. The second kappa shape index (κ2) is 10.6. The van der Waals surface area contributed by atoms with Gasteiger partial charge in [0.05, 0.1) is 6.17 Å². The van der Waals surface area contributed by atoms with Gasteiger partial charge in [-0.2, -0.15) is 0 Å². The van der Waals surface area contributed by atoms with Gasteiger partial charge in [0.1, 0.15) is 0 Å². The Balaban J connectivity index is 2.49. The molecule has 0 bridgehead atoms. The van der Waals surface area contributed by atoms with E-state index in [1.807, 2.05) is 0 Å². The van der Waals surface area contributed by atoms with E-state index in [9.17, 15) is 0 Å². The van der Waals surface area contributed by atoms with Crippen molar-refractivity contribution in [3.8, 4) is 0 Å². The van der Waals surface area contributed by atoms with Crippen LogP contribution < -0.4 is 5.73 Å². The van der Waals surface area contributed by atoms with Crippen molar-refractivity contribution >= 4 is 0 Å². The molecule has 0 aromatic rings. The maximum absolute atomic E-state index is 6.35. The summed E-state index contributed by atoms with van der Waals surface area (Å²) in [4.78, 5) is 5.25. The molecular formula is C19H41N3. The molecule has 132 valence electrons. The average Bonchev–Trinajstić information content (AvgIpc) is 2.47. The lowest BCUT2D eigenvalue weighted by atomic mass is 10.00. The molecule has 1 heterocycles. The summed E-state index contributed by atoms with van der Waals surface area (Å²) in [5.74, 6) is 1.57. The fourth-order valence-corrected chi connectivity index (χ4v) is 3.74. The first-order valence-electron chi connectivity index (χ1n) is 9.71. The molecule has 3 heteroatoms. The van der Waals surface area contributed by atoms with Crippen molar-refractivity contribution in [1.29, 1.82) is 0 Å². The molecule has 2 unspecified atom stereocenters. The van der Waals surface area contributed by atoms with Crippen molar-refractivity contribution in [2.24, 2.45) is 17.6 Å². The van der Waals surface area contributed by atoms with Crippen LogP contribution in [0, 0.1) is 11.8 Å². The van der Waals surface area contributed by atoms with E-state index in [-0.39, 0.29) is 0 Å². The van der Waals surface area contributed by atoms with Gasteiger partial charge in [-0.05, 0) is 31.6 Å². The number of nitrogens with two attached hydrogens (primary N) is 1. The van der Waals surface area contributed by atoms with Gasteiger partial charge < -0.3 is 5.73 Å². The standard InChI is InChI=1S/C19H41N3/c1-6-8-10-16(3)12-21-14-19(20)15-22(18(21)5)13-17(4)11-9-7-2/h16-19H,6-15,20H2,1-5H3. The number of nitrogens with zero attached hydrogens (tertiary/aromatic N) is 2. The van der Waals surface area contributed by atoms with Gasteiger partial charge in [-0.25, -0.2) is 0 Å². The summed E-state index contributed by atoms with van der Waals surface area (Å²) in [6.45, 7) is 16.3. The molecule has 2 atom stereocenters. The van der Waals surface area contributed by atoms with Gasteiger partial charge in [-0.1, -0.05) is 53.4 Å². The minimum absolute atomic E-state index is 0.313. The van der Waals surface area contributed by atoms with Crippen molar-refractivity contribution in [3.63, 3.8) is 0 Å². The summed E-state index contributed by atoms with van der Waals surface area (Å²) in [5, 5.41) is 0. The van der Waals surface area contributed by atoms with Gasteiger partial charge in [0, 0.05) is 32.2 Å². The van der Waals surface area contributed by atoms with E-state index in [1.165, 1.54) is 51.6 Å². The maximum atomic E-state index is 6.35. The van der Waals surface area contributed by atoms with Crippen LogP contribution in [-0.2, 0) is 0 Å². The van der Waals surface area contributed by atoms with Crippen molar-refractivity contribution in [1.82, 2.24) is 9.80 Å². The lowest BCUT2D eigenvalue weighted by molar-refractivity contribution is -0.0109. The van der Waals surface area contributed by atoms with E-state index in [4.69, 9.17) is 5.73 Å². The van der Waals surface area contributed by atoms with Gasteiger partial charge in [-0.3, -0.25) is 9.80 Å². The maximum Gasteiger partial charge on any atom is 0.0594 e. The van der Waals surface area contributed by atoms with Crippen LogP contribution in [0.2, 0.25) is 0 Å². The second-order valence-electron chi connectivity index (χ2n) is 7.79. The second-order valence-corrected chi connectivity index (χ2v) is 7.79. The predicted molar refractivity (Wildman–Crippen MR) is 98.0 cm³/mol. The monoisotopic (exact) mass is 311 g/mol. The predicted octanol–water partition coefficient (Wildman–Crippen LogP) is 3.93. The van der Waals surface area contributed by atoms with Crippen LogP contribution >= 0.6 is 0 Å². The summed E-state index contributed by atoms with van der Waals surface area (Å²) >= 11 is 0. The molecule has 0 saturated carbocycles. The summed E-state index contributed by atoms with van der Waals surface area (Å²) in [6, 6.07) is 0.313. The number of unbranched alkanes of at least 4 members (excludes halogenated alkanes) is 2. The number of hydrogen-bond donors (Lipinski definition) is 1. The van der Waals surface area contributed by atoms with Crippen molar-refractivity contribution in [2.45, 2.75) is 85.4 Å². The highest BCUT2D eigenvalue weighted by Gasteiger charge is 2.30. The third kappa shape index (κ3) is 6.97. The molecule has 1 aliphatic heterocycles. The topological polar surface area (TPSA) is 32.5 Å². The lowest BCUT2D eigenvalue weighted by Gasteiger charge is -2.46. The molecule has 1 aliphatic rings. The lowest BCUT2D eigenvalue weighted by Crippen LogP contribution is -2.61. The first-order chi connectivity index (χ1) is 10.5. The van der Waals surface area contributed by atoms with E-state index in [2.05, 4.69) is 44.4 Å². The Morgan fingerprint density at radius 1 is 0.909 bits per heavy atom. The van der Waals surface area contributed by atoms with E-state index in [0.717, 1.165) is 24.9 Å². The van der Waals surface area contributed by atoms with Gasteiger partial charge in [-0.15, -0.1) is 0 Å². The normalized spacial score (nSPS) is 27.0. The SMILES string of the molecule is CCCCC(C)CN1CC(N)CN(CC(C)CCCC)C1C. The fraction of sp³-hybridized carbons (Fsp3) is 1.00. The Morgan fingerprint density at radius 2 is 1.32 bits per heavy atom. The molecule has 0 amide bonds. The molecule has 22 heavy (non-hydrogen) atoms. The van der Waals surface area contributed by atoms with E-state index in [0.29, 0.717) is 12.2 Å². The Labute approximate surface area is 139 Å². The Bertz CT molecular complexity index is 256. The van der Waals surface area contributed by atoms with Crippen molar-refractivity contribution in [3.05, 3.63) is 0 Å². The molecule has 3 nitrogen and oxygen atoms in total. The first kappa shape index (κ1) is 19.9. The zero-order valence-electron chi connectivity index (χ0n) is 15.9. The van der Waals surface area contributed by atoms with Gasteiger partial charge in [0.25, 0.3) is 0 Å². The van der Waals surface area contributed by atoms with E-state index < -0.39 is 0 Å². The Kier molecular flexibility index (Phi) is 9.62. The highest BCUT2D eigenvalue weighted by molar-refractivity contribution is 4.85. The summed E-state index contributed by atoms with van der Waals surface area (Å²) in [5.41, 5.74) is 6.35. The molecule has 0 aromatic heterocycles. The summed E-state index contributed by atoms with van der Waals surface area (Å²) in [6.07, 6.45) is 8.57. The van der Waals surface area contributed by atoms with E-state index >= 15 is 0 Å². The zero-order chi connectivity index (χ0) is 16.5. The molecule has 2 N–H and O–H groups in total. The molecule has 0 spiro atoms. The average molecular weight is 312 g/mol. The largest absolute Gasteiger partial charge is 0.325 e. The Hall–Kier alpha value is -0.120. The minimum Gasteiger partial charge on any atom is -0.325 e. The van der Waals surface area contributed by atoms with Crippen LogP contribution in [0.1, 0.15) is 73.1 Å². The van der Waals surface area contributed by atoms with Crippen LogP contribution in [0.25, 0.3) is 0 Å². The van der Waals surface area contributed by atoms with Crippen LogP contribution in [0.3, 0.4) is 0 Å². The third-order valence-corrected chi connectivity index (χ3v) is 5.19. The quantitative estimate of drug-likeness (QED) is 0.663. The smallest absolute Gasteiger partial charge is 0.0594 e. The van der Waals surface area contributed by atoms with Crippen molar-refractivity contribution < 1.29 is 0 Å². The van der Waals surface area contributed by atoms with E-state index in [1.54, 1.807) is 0 Å². The van der Waals surface area contributed by atoms with Gasteiger partial charge in [0.15, 0.2) is 0 Å². The van der Waals surface area contributed by atoms with Crippen LogP contribution in [0.5, 0.6) is 0 Å². The van der Waals surface area contributed by atoms with Gasteiger partial charge in [0.2, 0.25) is 0 Å². The van der Waals surface area contributed by atoms with Crippen molar-refractivity contribution in [2.75, 3.05) is 26.2 Å². The Morgan fingerprint density at radius 3 is 1.68 bits per heavy atom. The third-order valence-electron chi connectivity index (χ3n) is 5.19. The molecular weight excluding hydrogens is 270 g/mol. The molecule has 1 fully saturated rings. The van der Waals surface area contributed by atoms with Crippen LogP contribution in [-0.4, -0.2) is 48.2 Å². The van der Waals surface area contributed by atoms with Crippen LogP contribution in [0.15, 0.2) is 0 Å². The highest BCUT2D eigenvalue weighted by atomic mass is 15.4. The molecule has 1 rings (SSSR count). The molecule has 0 radical (unpaired) electrons. The summed E-state index contributed by atoms with van der Waals surface area (Å²) in [7, 11) is 0. The fourth-order valence-electron chi connectivity index (χ4n) is 3.74. The molecule has 0 aliphatic carbocycles. The van der Waals surface area contributed by atoms with Crippen LogP contribution in [0.4, 0.5) is 0 Å². The highest BCUT2D eigenvalue weighted by Crippen LogP contribution is 2.20. The van der Waals surface area contributed by atoms with Gasteiger partial charge >= 0.3 is 0 Å². The molecule has 0 aromatic carbocycles. The zero-order valence-corrected chi connectivity index (χ0v) is 15.9.